The number of benzene rings is 1. The summed E-state index contributed by atoms with van der Waals surface area (Å²) in [6.07, 6.45) is 5.12. The summed E-state index contributed by atoms with van der Waals surface area (Å²) in [7, 11) is 0. The molecule has 1 aromatic rings. The van der Waals surface area contributed by atoms with E-state index < -0.39 is 0 Å². The van der Waals surface area contributed by atoms with Gasteiger partial charge in [0.1, 0.15) is 5.82 Å². The highest BCUT2D eigenvalue weighted by Crippen LogP contribution is 2.21. The van der Waals surface area contributed by atoms with E-state index in [1.807, 2.05) is 0 Å². The number of terminal acetylenes is 1. The van der Waals surface area contributed by atoms with E-state index in [4.69, 9.17) is 12.2 Å². The molecule has 1 atom stereocenters. The second kappa shape index (κ2) is 5.86. The molecular weight excluding hydrogens is 259 g/mol. The minimum Gasteiger partial charge on any atom is -0.329 e. The molecule has 0 heterocycles. The lowest BCUT2D eigenvalue weighted by Gasteiger charge is -2.16. The Morgan fingerprint density at radius 2 is 2.33 bits per heavy atom. The zero-order chi connectivity index (χ0) is 11.3. The van der Waals surface area contributed by atoms with Gasteiger partial charge in [0.25, 0.3) is 0 Å². The van der Waals surface area contributed by atoms with Crippen LogP contribution in [0.1, 0.15) is 11.6 Å². The van der Waals surface area contributed by atoms with E-state index in [1.54, 1.807) is 12.1 Å². The Labute approximate surface area is 97.2 Å². The first-order valence-corrected chi connectivity index (χ1v) is 5.30. The van der Waals surface area contributed by atoms with E-state index in [0.29, 0.717) is 18.7 Å². The molecule has 0 radical (unpaired) electrons. The highest BCUT2D eigenvalue weighted by atomic mass is 79.9. The Kier molecular flexibility index (Phi) is 4.76. The molecule has 0 fully saturated rings. The molecular formula is C11H12BrFN2. The van der Waals surface area contributed by atoms with E-state index in [2.05, 4.69) is 27.2 Å². The van der Waals surface area contributed by atoms with Gasteiger partial charge in [-0.3, -0.25) is 5.32 Å². The van der Waals surface area contributed by atoms with Crippen molar-refractivity contribution in [1.29, 1.82) is 0 Å². The predicted molar refractivity (Wildman–Crippen MR) is 62.7 cm³/mol. The van der Waals surface area contributed by atoms with Crippen molar-refractivity contribution < 1.29 is 4.39 Å². The fraction of sp³-hybridized carbons (Fsp3) is 0.273. The second-order valence-electron chi connectivity index (χ2n) is 3.04. The van der Waals surface area contributed by atoms with Crippen molar-refractivity contribution >= 4 is 15.9 Å². The van der Waals surface area contributed by atoms with Gasteiger partial charge in [0, 0.05) is 22.6 Å². The Balaban J connectivity index is 2.91. The molecule has 15 heavy (non-hydrogen) atoms. The van der Waals surface area contributed by atoms with Crippen LogP contribution in [0.25, 0.3) is 0 Å². The van der Waals surface area contributed by atoms with Gasteiger partial charge in [0.2, 0.25) is 0 Å². The highest BCUT2D eigenvalue weighted by molar-refractivity contribution is 9.10. The van der Waals surface area contributed by atoms with Gasteiger partial charge in [0.05, 0.1) is 6.54 Å². The summed E-state index contributed by atoms with van der Waals surface area (Å²) in [5.41, 5.74) is 6.08. The SMILES string of the molecule is C#CCNC(CN)c1cc(Br)ccc1F. The maximum absolute atomic E-state index is 13.5. The van der Waals surface area contributed by atoms with Crippen molar-refractivity contribution in [2.24, 2.45) is 5.73 Å². The van der Waals surface area contributed by atoms with Crippen LogP contribution >= 0.6 is 15.9 Å². The number of hydrogen-bond acceptors (Lipinski definition) is 2. The first-order valence-electron chi connectivity index (χ1n) is 4.51. The average Bonchev–Trinajstić information content (AvgIpc) is 2.24. The molecule has 0 bridgehead atoms. The summed E-state index contributed by atoms with van der Waals surface area (Å²) >= 11 is 3.29. The van der Waals surface area contributed by atoms with E-state index in [1.165, 1.54) is 6.07 Å². The van der Waals surface area contributed by atoms with Crippen LogP contribution in [-0.2, 0) is 0 Å². The number of rotatable bonds is 4. The largest absolute Gasteiger partial charge is 0.329 e. The lowest BCUT2D eigenvalue weighted by molar-refractivity contribution is 0.530. The van der Waals surface area contributed by atoms with Crippen LogP contribution in [-0.4, -0.2) is 13.1 Å². The lowest BCUT2D eigenvalue weighted by atomic mass is 10.1. The third kappa shape index (κ3) is 3.31. The highest BCUT2D eigenvalue weighted by Gasteiger charge is 2.13. The van der Waals surface area contributed by atoms with Gasteiger partial charge in [-0.1, -0.05) is 21.9 Å². The number of hydrogen-bond donors (Lipinski definition) is 2. The lowest BCUT2D eigenvalue weighted by Crippen LogP contribution is -2.29. The van der Waals surface area contributed by atoms with Gasteiger partial charge >= 0.3 is 0 Å². The molecule has 0 amide bonds. The molecule has 0 saturated heterocycles. The summed E-state index contributed by atoms with van der Waals surface area (Å²) in [5, 5.41) is 2.98. The van der Waals surface area contributed by atoms with Crippen LogP contribution < -0.4 is 11.1 Å². The Morgan fingerprint density at radius 3 is 2.93 bits per heavy atom. The summed E-state index contributed by atoms with van der Waals surface area (Å²) in [6, 6.07) is 4.50. The van der Waals surface area contributed by atoms with Gasteiger partial charge in [-0.2, -0.15) is 0 Å². The minimum atomic E-state index is -0.279. The zero-order valence-electron chi connectivity index (χ0n) is 8.13. The van der Waals surface area contributed by atoms with Gasteiger partial charge in [-0.05, 0) is 18.2 Å². The third-order valence-electron chi connectivity index (χ3n) is 2.02. The second-order valence-corrected chi connectivity index (χ2v) is 3.95. The molecule has 0 aliphatic rings. The molecule has 0 aliphatic carbocycles. The molecule has 1 unspecified atom stereocenters. The number of nitrogens with two attached hydrogens (primary N) is 1. The standard InChI is InChI=1S/C11H12BrFN2/c1-2-5-15-11(7-14)9-6-8(12)3-4-10(9)13/h1,3-4,6,11,15H,5,7,14H2. The first-order chi connectivity index (χ1) is 7.19. The molecule has 2 nitrogen and oxygen atoms in total. The van der Waals surface area contributed by atoms with Crippen LogP contribution in [0.4, 0.5) is 4.39 Å². The minimum absolute atomic E-state index is 0.251. The summed E-state index contributed by atoms with van der Waals surface area (Å²) in [5.74, 6) is 2.16. The molecule has 0 saturated carbocycles. The van der Waals surface area contributed by atoms with Crippen molar-refractivity contribution in [1.82, 2.24) is 5.32 Å². The molecule has 0 aromatic heterocycles. The molecule has 4 heteroatoms. The molecule has 80 valence electrons. The van der Waals surface area contributed by atoms with Crippen molar-refractivity contribution in [2.75, 3.05) is 13.1 Å². The van der Waals surface area contributed by atoms with E-state index in [0.717, 1.165) is 4.47 Å². The van der Waals surface area contributed by atoms with Crippen molar-refractivity contribution in [3.8, 4) is 12.3 Å². The fourth-order valence-electron chi connectivity index (χ4n) is 1.28. The van der Waals surface area contributed by atoms with Gasteiger partial charge in [-0.15, -0.1) is 6.42 Å². The Bertz CT molecular complexity index is 373. The molecule has 1 rings (SSSR count). The normalized spacial score (nSPS) is 12.1. The van der Waals surface area contributed by atoms with Gasteiger partial charge in [-0.25, -0.2) is 4.39 Å². The van der Waals surface area contributed by atoms with Crippen molar-refractivity contribution in [3.05, 3.63) is 34.1 Å². The monoisotopic (exact) mass is 270 g/mol. The van der Waals surface area contributed by atoms with E-state index in [9.17, 15) is 4.39 Å². The topological polar surface area (TPSA) is 38.0 Å². The number of halogens is 2. The van der Waals surface area contributed by atoms with Crippen LogP contribution in [0.3, 0.4) is 0 Å². The van der Waals surface area contributed by atoms with Crippen molar-refractivity contribution in [2.45, 2.75) is 6.04 Å². The van der Waals surface area contributed by atoms with E-state index in [-0.39, 0.29) is 11.9 Å². The van der Waals surface area contributed by atoms with Crippen LogP contribution in [0.15, 0.2) is 22.7 Å². The zero-order valence-corrected chi connectivity index (χ0v) is 9.72. The maximum atomic E-state index is 13.5. The number of nitrogens with one attached hydrogen (secondary N) is 1. The maximum Gasteiger partial charge on any atom is 0.128 e. The molecule has 3 N–H and O–H groups in total. The molecule has 1 aromatic carbocycles. The predicted octanol–water partition coefficient (Wildman–Crippen LogP) is 1.81. The molecule has 0 spiro atoms. The first kappa shape index (κ1) is 12.2. The van der Waals surface area contributed by atoms with E-state index >= 15 is 0 Å². The van der Waals surface area contributed by atoms with Gasteiger partial charge < -0.3 is 5.73 Å². The third-order valence-corrected chi connectivity index (χ3v) is 2.51. The Hall–Kier alpha value is -0.890. The Morgan fingerprint density at radius 1 is 1.60 bits per heavy atom. The van der Waals surface area contributed by atoms with Crippen LogP contribution in [0.5, 0.6) is 0 Å². The van der Waals surface area contributed by atoms with Crippen LogP contribution in [0.2, 0.25) is 0 Å². The van der Waals surface area contributed by atoms with Crippen molar-refractivity contribution in [3.63, 3.8) is 0 Å². The smallest absolute Gasteiger partial charge is 0.128 e. The molecule has 0 aliphatic heterocycles. The average molecular weight is 271 g/mol. The van der Waals surface area contributed by atoms with Gasteiger partial charge in [0.15, 0.2) is 0 Å². The summed E-state index contributed by atoms with van der Waals surface area (Å²) < 4.78 is 14.3. The quantitative estimate of drug-likeness (QED) is 0.820. The summed E-state index contributed by atoms with van der Waals surface area (Å²) in [6.45, 7) is 0.670. The van der Waals surface area contributed by atoms with Crippen LogP contribution in [0, 0.1) is 18.2 Å². The summed E-state index contributed by atoms with van der Waals surface area (Å²) in [4.78, 5) is 0. The fourth-order valence-corrected chi connectivity index (χ4v) is 1.66.